The van der Waals surface area contributed by atoms with Crippen LogP contribution in [0.1, 0.15) is 41.7 Å². The van der Waals surface area contributed by atoms with Crippen LogP contribution >= 0.6 is 11.3 Å². The maximum Gasteiger partial charge on any atom is 0.272 e. The number of hydrogen-bond donors (Lipinski definition) is 1. The molecule has 0 aliphatic heterocycles. The molecular weight excluding hydrogens is 312 g/mol. The van der Waals surface area contributed by atoms with Crippen LogP contribution in [-0.2, 0) is 0 Å². The number of aromatic nitrogens is 3. The van der Waals surface area contributed by atoms with Crippen LogP contribution in [-0.4, -0.2) is 27.1 Å². The van der Waals surface area contributed by atoms with Gasteiger partial charge in [0.15, 0.2) is 5.65 Å². The topological polar surface area (TPSA) is 68.5 Å². The maximum atomic E-state index is 12.4. The van der Waals surface area contributed by atoms with Gasteiger partial charge >= 0.3 is 0 Å². The van der Waals surface area contributed by atoms with Gasteiger partial charge in [-0.3, -0.25) is 4.79 Å². The van der Waals surface area contributed by atoms with E-state index < -0.39 is 0 Å². The Balaban J connectivity index is 1.80. The fourth-order valence-electron chi connectivity index (χ4n) is 2.29. The van der Waals surface area contributed by atoms with Gasteiger partial charge < -0.3 is 10.1 Å². The Bertz CT molecular complexity index is 798. The highest BCUT2D eigenvalue weighted by Crippen LogP contribution is 2.22. The minimum absolute atomic E-state index is 0.000688. The number of carbonyl (C=O) groups excluding carboxylic acids is 1. The molecule has 0 spiro atoms. The highest BCUT2D eigenvalue weighted by Gasteiger charge is 2.17. The molecule has 3 aromatic heterocycles. The molecule has 3 heterocycles. The van der Waals surface area contributed by atoms with Crippen LogP contribution in [0.4, 0.5) is 0 Å². The lowest BCUT2D eigenvalue weighted by molar-refractivity contribution is 0.0931. The van der Waals surface area contributed by atoms with E-state index in [9.17, 15) is 4.79 Å². The van der Waals surface area contributed by atoms with Crippen LogP contribution in [0.5, 0.6) is 5.88 Å². The van der Waals surface area contributed by atoms with E-state index in [0.717, 1.165) is 11.3 Å². The highest BCUT2D eigenvalue weighted by atomic mass is 32.1. The van der Waals surface area contributed by atoms with Gasteiger partial charge in [-0.2, -0.15) is 0 Å². The van der Waals surface area contributed by atoms with Crippen molar-refractivity contribution in [3.05, 3.63) is 46.4 Å². The molecule has 0 saturated heterocycles. The summed E-state index contributed by atoms with van der Waals surface area (Å²) in [6, 6.07) is 7.54. The second kappa shape index (κ2) is 6.78. The zero-order valence-electron chi connectivity index (χ0n) is 13.0. The number of amides is 1. The second-order valence-corrected chi connectivity index (χ2v) is 5.96. The third-order valence-electron chi connectivity index (χ3n) is 3.42. The van der Waals surface area contributed by atoms with Crippen LogP contribution in [0, 0.1) is 0 Å². The van der Waals surface area contributed by atoms with Crippen molar-refractivity contribution in [2.45, 2.75) is 26.3 Å². The third-order valence-corrected chi connectivity index (χ3v) is 4.41. The SMILES string of the molecule is CCOc1ccc2nc(C(=O)NC(CC)c3cccs3)cn2n1. The molecule has 1 atom stereocenters. The van der Waals surface area contributed by atoms with Crippen molar-refractivity contribution in [2.75, 3.05) is 6.61 Å². The van der Waals surface area contributed by atoms with Crippen molar-refractivity contribution >= 4 is 22.9 Å². The number of hydrogen-bond acceptors (Lipinski definition) is 5. The molecule has 120 valence electrons. The molecule has 1 unspecified atom stereocenters. The van der Waals surface area contributed by atoms with Gasteiger partial charge in [0.1, 0.15) is 5.69 Å². The number of ether oxygens (including phenoxy) is 1. The molecule has 0 radical (unpaired) electrons. The van der Waals surface area contributed by atoms with Crippen molar-refractivity contribution in [3.8, 4) is 5.88 Å². The summed E-state index contributed by atoms with van der Waals surface area (Å²) < 4.78 is 6.92. The first-order chi connectivity index (χ1) is 11.2. The van der Waals surface area contributed by atoms with Gasteiger partial charge in [0.25, 0.3) is 5.91 Å². The minimum atomic E-state index is -0.200. The monoisotopic (exact) mass is 330 g/mol. The molecule has 0 aliphatic carbocycles. The molecular formula is C16H18N4O2S. The third kappa shape index (κ3) is 3.34. The highest BCUT2D eigenvalue weighted by molar-refractivity contribution is 7.10. The lowest BCUT2D eigenvalue weighted by Gasteiger charge is -2.14. The van der Waals surface area contributed by atoms with Crippen molar-refractivity contribution in [1.29, 1.82) is 0 Å². The van der Waals surface area contributed by atoms with E-state index in [2.05, 4.69) is 15.4 Å². The van der Waals surface area contributed by atoms with Crippen molar-refractivity contribution in [1.82, 2.24) is 19.9 Å². The van der Waals surface area contributed by atoms with E-state index in [-0.39, 0.29) is 11.9 Å². The first-order valence-corrected chi connectivity index (χ1v) is 8.42. The quantitative estimate of drug-likeness (QED) is 0.754. The first-order valence-electron chi connectivity index (χ1n) is 7.54. The summed E-state index contributed by atoms with van der Waals surface area (Å²) in [5.74, 6) is 0.308. The number of carbonyl (C=O) groups is 1. The first kappa shape index (κ1) is 15.5. The van der Waals surface area contributed by atoms with Crippen LogP contribution in [0.15, 0.2) is 35.8 Å². The molecule has 0 aromatic carbocycles. The fourth-order valence-corrected chi connectivity index (χ4v) is 3.16. The summed E-state index contributed by atoms with van der Waals surface area (Å²) in [5, 5.41) is 9.30. The average molecular weight is 330 g/mol. The Morgan fingerprint density at radius 1 is 1.39 bits per heavy atom. The molecule has 0 fully saturated rings. The molecule has 1 amide bonds. The fraction of sp³-hybridized carbons (Fsp3) is 0.312. The van der Waals surface area contributed by atoms with E-state index in [0.29, 0.717) is 23.8 Å². The molecule has 0 saturated carbocycles. The van der Waals surface area contributed by atoms with Crippen LogP contribution in [0.2, 0.25) is 0 Å². The minimum Gasteiger partial charge on any atom is -0.477 e. The molecule has 3 aromatic rings. The molecule has 0 aliphatic rings. The Morgan fingerprint density at radius 2 is 2.26 bits per heavy atom. The van der Waals surface area contributed by atoms with E-state index >= 15 is 0 Å². The standard InChI is InChI=1S/C16H18N4O2S/c1-3-11(13-6-5-9-23-13)18-16(21)12-10-20-14(17-12)7-8-15(19-20)22-4-2/h5-11H,3-4H2,1-2H3,(H,18,21). The summed E-state index contributed by atoms with van der Waals surface area (Å²) in [6.07, 6.45) is 2.45. The zero-order valence-corrected chi connectivity index (χ0v) is 13.8. The van der Waals surface area contributed by atoms with E-state index in [1.165, 1.54) is 0 Å². The summed E-state index contributed by atoms with van der Waals surface area (Å²) in [6.45, 7) is 4.48. The van der Waals surface area contributed by atoms with E-state index in [4.69, 9.17) is 4.74 Å². The van der Waals surface area contributed by atoms with E-state index in [1.807, 2.05) is 31.4 Å². The molecule has 6 nitrogen and oxygen atoms in total. The van der Waals surface area contributed by atoms with Gasteiger partial charge in [0.2, 0.25) is 5.88 Å². The van der Waals surface area contributed by atoms with Gasteiger partial charge in [0.05, 0.1) is 18.8 Å². The zero-order chi connectivity index (χ0) is 16.2. The number of rotatable bonds is 6. The van der Waals surface area contributed by atoms with Gasteiger partial charge in [-0.25, -0.2) is 9.50 Å². The molecule has 7 heteroatoms. The molecule has 3 rings (SSSR count). The summed E-state index contributed by atoms with van der Waals surface area (Å²) in [5.41, 5.74) is 0.962. The maximum absolute atomic E-state index is 12.4. The number of fused-ring (bicyclic) bond motifs is 1. The van der Waals surface area contributed by atoms with Gasteiger partial charge in [-0.1, -0.05) is 13.0 Å². The van der Waals surface area contributed by atoms with Crippen LogP contribution in [0.25, 0.3) is 5.65 Å². The van der Waals surface area contributed by atoms with Crippen molar-refractivity contribution in [3.63, 3.8) is 0 Å². The van der Waals surface area contributed by atoms with Gasteiger partial charge in [0, 0.05) is 10.9 Å². The number of nitrogens with zero attached hydrogens (tertiary/aromatic N) is 3. The Morgan fingerprint density at radius 3 is 2.96 bits per heavy atom. The summed E-state index contributed by atoms with van der Waals surface area (Å²) >= 11 is 1.64. The predicted molar refractivity (Wildman–Crippen MR) is 89.0 cm³/mol. The molecule has 0 bridgehead atoms. The normalized spacial score (nSPS) is 12.3. The Labute approximate surface area is 138 Å². The van der Waals surface area contributed by atoms with Gasteiger partial charge in [-0.05, 0) is 30.9 Å². The number of thiophene rings is 1. The van der Waals surface area contributed by atoms with E-state index in [1.54, 1.807) is 34.2 Å². The second-order valence-electron chi connectivity index (χ2n) is 4.98. The largest absolute Gasteiger partial charge is 0.477 e. The summed E-state index contributed by atoms with van der Waals surface area (Å²) in [7, 11) is 0. The average Bonchev–Trinajstić information content (AvgIpc) is 3.21. The predicted octanol–water partition coefficient (Wildman–Crippen LogP) is 3.07. The number of nitrogens with one attached hydrogen (secondary N) is 1. The lowest BCUT2D eigenvalue weighted by atomic mass is 10.2. The lowest BCUT2D eigenvalue weighted by Crippen LogP contribution is -2.27. The summed E-state index contributed by atoms with van der Waals surface area (Å²) in [4.78, 5) is 17.9. The molecule has 23 heavy (non-hydrogen) atoms. The smallest absolute Gasteiger partial charge is 0.272 e. The van der Waals surface area contributed by atoms with Crippen molar-refractivity contribution < 1.29 is 9.53 Å². The Hall–Kier alpha value is -2.41. The van der Waals surface area contributed by atoms with Crippen LogP contribution in [0.3, 0.4) is 0 Å². The van der Waals surface area contributed by atoms with Gasteiger partial charge in [-0.15, -0.1) is 16.4 Å². The number of imidazole rings is 1. The Kier molecular flexibility index (Phi) is 4.57. The molecule has 1 N–H and O–H groups in total. The van der Waals surface area contributed by atoms with Crippen LogP contribution < -0.4 is 10.1 Å². The van der Waals surface area contributed by atoms with Crippen molar-refractivity contribution in [2.24, 2.45) is 0 Å².